The van der Waals surface area contributed by atoms with Crippen molar-refractivity contribution in [2.75, 3.05) is 12.4 Å². The second-order valence-electron chi connectivity index (χ2n) is 4.14. The van der Waals surface area contributed by atoms with Crippen LogP contribution in [0, 0.1) is 0 Å². The van der Waals surface area contributed by atoms with E-state index >= 15 is 0 Å². The van der Waals surface area contributed by atoms with Crippen LogP contribution in [-0.4, -0.2) is 24.1 Å². The molecule has 1 aromatic carbocycles. The molecule has 1 aliphatic carbocycles. The predicted molar refractivity (Wildman–Crippen MR) is 74.3 cm³/mol. The quantitative estimate of drug-likeness (QED) is 0.622. The van der Waals surface area contributed by atoms with Gasteiger partial charge in [0.1, 0.15) is 11.5 Å². The Morgan fingerprint density at radius 1 is 1.59 bits per heavy atom. The van der Waals surface area contributed by atoms with E-state index in [9.17, 15) is 5.11 Å². The molecule has 0 unspecified atom stereocenters. The number of nitrogens with one attached hydrogen (secondary N) is 1. The van der Waals surface area contributed by atoms with E-state index in [-0.39, 0.29) is 5.75 Å². The second kappa shape index (κ2) is 4.80. The molecule has 1 fully saturated rings. The summed E-state index contributed by atoms with van der Waals surface area (Å²) in [4.78, 5) is 0. The van der Waals surface area contributed by atoms with E-state index < -0.39 is 0 Å². The molecule has 1 aromatic rings. The lowest BCUT2D eigenvalue weighted by Gasteiger charge is -2.15. The van der Waals surface area contributed by atoms with Crippen molar-refractivity contribution in [3.63, 3.8) is 0 Å². The van der Waals surface area contributed by atoms with Gasteiger partial charge < -0.3 is 15.2 Å². The maximum Gasteiger partial charge on any atom is 0.119 e. The zero-order chi connectivity index (χ0) is 12.4. The summed E-state index contributed by atoms with van der Waals surface area (Å²) in [7, 11) is 4.97. The summed E-state index contributed by atoms with van der Waals surface area (Å²) in [6.07, 6.45) is 2.36. The van der Waals surface area contributed by atoms with E-state index in [1.54, 1.807) is 19.2 Å². The van der Waals surface area contributed by atoms with Crippen LogP contribution in [0.2, 0.25) is 0 Å². The van der Waals surface area contributed by atoms with Gasteiger partial charge in [0.25, 0.3) is 0 Å². The third kappa shape index (κ3) is 2.62. The zero-order valence-corrected chi connectivity index (χ0v) is 10.8. The minimum Gasteiger partial charge on any atom is -0.508 e. The Morgan fingerprint density at radius 3 is 2.82 bits per heavy atom. The van der Waals surface area contributed by atoms with Gasteiger partial charge in [0.05, 0.1) is 7.11 Å². The van der Waals surface area contributed by atoms with Gasteiger partial charge in [-0.25, -0.2) is 0 Å². The molecule has 0 radical (unpaired) electrons. The van der Waals surface area contributed by atoms with Crippen LogP contribution in [0.5, 0.6) is 5.75 Å². The highest BCUT2D eigenvalue weighted by Gasteiger charge is 2.23. The summed E-state index contributed by atoms with van der Waals surface area (Å²) in [5.74, 6) is 2.55. The zero-order valence-electron chi connectivity index (χ0n) is 9.79. The largest absolute Gasteiger partial charge is 0.508 e. The first kappa shape index (κ1) is 12.0. The average Bonchev–Trinajstić information content (AvgIpc) is 3.11. The molecule has 0 saturated heterocycles. The van der Waals surface area contributed by atoms with Crippen LogP contribution in [0.4, 0.5) is 5.69 Å². The average molecular weight is 249 g/mol. The van der Waals surface area contributed by atoms with Crippen LogP contribution in [0.1, 0.15) is 24.0 Å². The molecule has 0 amide bonds. The molecular weight excluding hydrogens is 233 g/mol. The SMILES string of the molecule is C=C(OC)c1cc(O)cc(NC2CC2)c1C=P. The monoisotopic (exact) mass is 249 g/mol. The minimum absolute atomic E-state index is 0.207. The molecule has 0 aliphatic heterocycles. The molecule has 90 valence electrons. The van der Waals surface area contributed by atoms with Gasteiger partial charge in [0.15, 0.2) is 0 Å². The lowest BCUT2D eigenvalue weighted by atomic mass is 10.0. The van der Waals surface area contributed by atoms with E-state index in [1.165, 1.54) is 12.8 Å². The van der Waals surface area contributed by atoms with E-state index in [0.29, 0.717) is 11.8 Å². The van der Waals surface area contributed by atoms with Gasteiger partial charge in [-0.1, -0.05) is 6.58 Å². The Labute approximate surface area is 103 Å². The Hall–Kier alpha value is -1.47. The molecular formula is C13H16NO2P. The molecule has 17 heavy (non-hydrogen) atoms. The van der Waals surface area contributed by atoms with Crippen LogP contribution < -0.4 is 5.32 Å². The normalized spacial score (nSPS) is 14.2. The van der Waals surface area contributed by atoms with E-state index in [2.05, 4.69) is 20.8 Å². The number of phenols is 1. The summed E-state index contributed by atoms with van der Waals surface area (Å²) in [6.45, 7) is 3.83. The van der Waals surface area contributed by atoms with Gasteiger partial charge in [-0.15, -0.1) is 8.86 Å². The molecule has 1 aliphatic rings. The minimum atomic E-state index is 0.207. The van der Waals surface area contributed by atoms with E-state index in [4.69, 9.17) is 4.74 Å². The van der Waals surface area contributed by atoms with Crippen molar-refractivity contribution in [2.45, 2.75) is 18.9 Å². The third-order valence-corrected chi connectivity index (χ3v) is 3.08. The molecule has 0 spiro atoms. The topological polar surface area (TPSA) is 41.5 Å². The summed E-state index contributed by atoms with van der Waals surface area (Å²) in [5, 5.41) is 13.1. The number of aromatic hydroxyl groups is 1. The number of methoxy groups -OCH3 is 1. The molecule has 0 bridgehead atoms. The van der Waals surface area contributed by atoms with Crippen molar-refractivity contribution in [1.82, 2.24) is 0 Å². The predicted octanol–water partition coefficient (Wildman–Crippen LogP) is 2.88. The summed E-state index contributed by atoms with van der Waals surface area (Å²) >= 11 is 0. The Bertz CT molecular complexity index is 467. The highest BCUT2D eigenvalue weighted by molar-refractivity contribution is 7.19. The van der Waals surface area contributed by atoms with Crippen molar-refractivity contribution >= 4 is 26.1 Å². The van der Waals surface area contributed by atoms with Gasteiger partial charge >= 0.3 is 0 Å². The first-order chi connectivity index (χ1) is 8.15. The summed E-state index contributed by atoms with van der Waals surface area (Å²) in [6, 6.07) is 3.89. The summed E-state index contributed by atoms with van der Waals surface area (Å²) < 4.78 is 5.13. The maximum absolute atomic E-state index is 9.73. The highest BCUT2D eigenvalue weighted by Crippen LogP contribution is 2.33. The van der Waals surface area contributed by atoms with Gasteiger partial charge in [-0.2, -0.15) is 0 Å². The van der Waals surface area contributed by atoms with Gasteiger partial charge in [0.2, 0.25) is 0 Å². The molecule has 4 heteroatoms. The molecule has 3 nitrogen and oxygen atoms in total. The van der Waals surface area contributed by atoms with Crippen molar-refractivity contribution in [2.24, 2.45) is 0 Å². The number of ether oxygens (including phenoxy) is 1. The lowest BCUT2D eigenvalue weighted by molar-refractivity contribution is 0.371. The van der Waals surface area contributed by atoms with Crippen LogP contribution in [0.15, 0.2) is 18.7 Å². The highest BCUT2D eigenvalue weighted by atomic mass is 31.0. The number of hydrogen-bond donors (Lipinski definition) is 2. The maximum atomic E-state index is 9.73. The Kier molecular flexibility index (Phi) is 3.39. The fourth-order valence-corrected chi connectivity index (χ4v) is 2.01. The summed E-state index contributed by atoms with van der Waals surface area (Å²) in [5.41, 5.74) is 2.62. The van der Waals surface area contributed by atoms with Gasteiger partial charge in [-0.05, 0) is 24.7 Å². The van der Waals surface area contributed by atoms with Crippen molar-refractivity contribution in [3.8, 4) is 5.75 Å². The molecule has 0 aromatic heterocycles. The van der Waals surface area contributed by atoms with Crippen LogP contribution in [-0.2, 0) is 4.74 Å². The Balaban J connectivity index is 2.45. The second-order valence-corrected chi connectivity index (χ2v) is 4.43. The van der Waals surface area contributed by atoms with Gasteiger partial charge in [-0.3, -0.25) is 0 Å². The molecule has 2 rings (SSSR count). The van der Waals surface area contributed by atoms with Crippen molar-refractivity contribution < 1.29 is 9.84 Å². The van der Waals surface area contributed by atoms with Gasteiger partial charge in [0, 0.05) is 28.9 Å². The van der Waals surface area contributed by atoms with Crippen LogP contribution >= 0.6 is 8.86 Å². The van der Waals surface area contributed by atoms with Crippen LogP contribution in [0.25, 0.3) is 5.76 Å². The molecule has 0 heterocycles. The fourth-order valence-electron chi connectivity index (χ4n) is 1.70. The first-order valence-corrected chi connectivity index (χ1v) is 6.10. The Morgan fingerprint density at radius 2 is 2.29 bits per heavy atom. The van der Waals surface area contributed by atoms with Crippen molar-refractivity contribution in [1.29, 1.82) is 0 Å². The number of hydrogen-bond acceptors (Lipinski definition) is 3. The fraction of sp³-hybridized carbons (Fsp3) is 0.308. The molecule has 0 atom stereocenters. The third-order valence-electron chi connectivity index (χ3n) is 2.79. The number of anilines is 1. The number of rotatable bonds is 5. The van der Waals surface area contributed by atoms with Crippen LogP contribution in [0.3, 0.4) is 0 Å². The number of benzene rings is 1. The van der Waals surface area contributed by atoms with Crippen molar-refractivity contribution in [3.05, 3.63) is 29.8 Å². The standard InChI is InChI=1S/C13H16NO2P/c1-8(16-2)11-5-10(15)6-13(12(11)7-17)14-9-3-4-9/h5-7,9,14-15,17H,1,3-4H2,2H3. The van der Waals surface area contributed by atoms with E-state index in [1.807, 2.05) is 5.80 Å². The molecule has 1 saturated carbocycles. The first-order valence-electron chi connectivity index (χ1n) is 5.53. The lowest BCUT2D eigenvalue weighted by Crippen LogP contribution is -2.06. The smallest absolute Gasteiger partial charge is 0.119 e. The number of phenolic OH excluding ortho intramolecular Hbond substituents is 1. The molecule has 2 N–H and O–H groups in total. The van der Waals surface area contributed by atoms with E-state index in [0.717, 1.165) is 16.8 Å².